The third-order valence-corrected chi connectivity index (χ3v) is 3.03. The Hall–Kier alpha value is -1.39. The Bertz CT molecular complexity index is 476. The van der Waals surface area contributed by atoms with Crippen LogP contribution in [0.5, 0.6) is 0 Å². The SMILES string of the molecule is CC(C)(C)OC(=O)[C@H]1OC(C)(C)N[C@@H]1c1ccccc1. The molecule has 20 heavy (non-hydrogen) atoms. The second-order valence-corrected chi connectivity index (χ2v) is 6.61. The topological polar surface area (TPSA) is 47.6 Å². The molecule has 1 saturated heterocycles. The van der Waals surface area contributed by atoms with E-state index in [1.165, 1.54) is 0 Å². The predicted octanol–water partition coefficient (Wildman–Crippen LogP) is 2.79. The van der Waals surface area contributed by atoms with E-state index < -0.39 is 17.4 Å². The zero-order chi connectivity index (χ0) is 15.0. The number of ether oxygens (including phenoxy) is 2. The normalized spacial score (nSPS) is 25.4. The number of hydrogen-bond donors (Lipinski definition) is 1. The van der Waals surface area contributed by atoms with Crippen molar-refractivity contribution in [1.29, 1.82) is 0 Å². The van der Waals surface area contributed by atoms with Crippen molar-refractivity contribution in [2.45, 2.75) is 58.1 Å². The van der Waals surface area contributed by atoms with Gasteiger partial charge in [0.1, 0.15) is 11.3 Å². The fraction of sp³-hybridized carbons (Fsp3) is 0.562. The van der Waals surface area contributed by atoms with Gasteiger partial charge in [-0.2, -0.15) is 0 Å². The second kappa shape index (κ2) is 5.19. The number of esters is 1. The minimum absolute atomic E-state index is 0.193. The fourth-order valence-corrected chi connectivity index (χ4v) is 2.33. The van der Waals surface area contributed by atoms with Gasteiger partial charge < -0.3 is 9.47 Å². The molecule has 110 valence electrons. The lowest BCUT2D eigenvalue weighted by molar-refractivity contribution is -0.171. The lowest BCUT2D eigenvalue weighted by atomic mass is 10.0. The summed E-state index contributed by atoms with van der Waals surface area (Å²) in [6.07, 6.45) is -0.633. The molecule has 0 unspecified atom stereocenters. The van der Waals surface area contributed by atoms with Crippen molar-refractivity contribution < 1.29 is 14.3 Å². The second-order valence-electron chi connectivity index (χ2n) is 6.61. The first kappa shape index (κ1) is 15.0. The molecule has 0 aliphatic carbocycles. The Morgan fingerprint density at radius 3 is 2.40 bits per heavy atom. The van der Waals surface area contributed by atoms with Crippen LogP contribution < -0.4 is 5.32 Å². The molecule has 1 aromatic rings. The molecule has 4 nitrogen and oxygen atoms in total. The zero-order valence-corrected chi connectivity index (χ0v) is 12.8. The van der Waals surface area contributed by atoms with E-state index in [0.29, 0.717) is 0 Å². The first-order valence-electron chi connectivity index (χ1n) is 6.91. The van der Waals surface area contributed by atoms with E-state index in [0.717, 1.165) is 5.56 Å². The molecule has 1 aromatic carbocycles. The van der Waals surface area contributed by atoms with Gasteiger partial charge in [0.15, 0.2) is 6.10 Å². The van der Waals surface area contributed by atoms with Gasteiger partial charge in [-0.1, -0.05) is 30.3 Å². The van der Waals surface area contributed by atoms with Gasteiger partial charge in [-0.25, -0.2) is 4.79 Å². The molecule has 2 atom stereocenters. The molecular weight excluding hydrogens is 254 g/mol. The van der Waals surface area contributed by atoms with Crippen molar-refractivity contribution in [3.05, 3.63) is 35.9 Å². The molecule has 1 N–H and O–H groups in total. The number of nitrogens with one attached hydrogen (secondary N) is 1. The van der Waals surface area contributed by atoms with Gasteiger partial charge >= 0.3 is 5.97 Å². The van der Waals surface area contributed by atoms with Crippen molar-refractivity contribution in [1.82, 2.24) is 5.32 Å². The summed E-state index contributed by atoms with van der Waals surface area (Å²) in [5.41, 5.74) is -0.0508. The number of rotatable bonds is 2. The number of hydrogen-bond acceptors (Lipinski definition) is 4. The number of carbonyl (C=O) groups excluding carboxylic acids is 1. The molecule has 1 aliphatic heterocycles. The van der Waals surface area contributed by atoms with Crippen LogP contribution in [0.15, 0.2) is 30.3 Å². The third kappa shape index (κ3) is 3.58. The summed E-state index contributed by atoms with van der Waals surface area (Å²) in [5.74, 6) is -0.329. The van der Waals surface area contributed by atoms with Crippen LogP contribution in [-0.4, -0.2) is 23.4 Å². The van der Waals surface area contributed by atoms with Gasteiger partial charge in [-0.05, 0) is 40.2 Å². The van der Waals surface area contributed by atoms with Gasteiger partial charge in [0.25, 0.3) is 0 Å². The molecule has 1 heterocycles. The monoisotopic (exact) mass is 277 g/mol. The van der Waals surface area contributed by atoms with E-state index in [4.69, 9.17) is 9.47 Å². The number of benzene rings is 1. The molecule has 0 aromatic heterocycles. The minimum atomic E-state index is -0.633. The Morgan fingerprint density at radius 2 is 1.85 bits per heavy atom. The van der Waals surface area contributed by atoms with E-state index in [2.05, 4.69) is 5.32 Å². The molecule has 4 heteroatoms. The van der Waals surface area contributed by atoms with E-state index in [1.54, 1.807) is 0 Å². The molecule has 1 fully saturated rings. The van der Waals surface area contributed by atoms with Crippen LogP contribution in [0.25, 0.3) is 0 Å². The van der Waals surface area contributed by atoms with Gasteiger partial charge in [0.2, 0.25) is 0 Å². The van der Waals surface area contributed by atoms with E-state index in [1.807, 2.05) is 65.0 Å². The summed E-state index contributed by atoms with van der Waals surface area (Å²) in [4.78, 5) is 12.3. The highest BCUT2D eigenvalue weighted by atomic mass is 16.6. The summed E-state index contributed by atoms with van der Waals surface area (Å²) < 4.78 is 11.3. The fourth-order valence-electron chi connectivity index (χ4n) is 2.33. The Kier molecular flexibility index (Phi) is 3.89. The highest BCUT2D eigenvalue weighted by molar-refractivity contribution is 5.77. The minimum Gasteiger partial charge on any atom is -0.458 e. The lowest BCUT2D eigenvalue weighted by Crippen LogP contribution is -2.36. The molecular formula is C16H23NO3. The quantitative estimate of drug-likeness (QED) is 0.844. The molecule has 2 rings (SSSR count). The summed E-state index contributed by atoms with van der Waals surface area (Å²) in [6, 6.07) is 9.64. The van der Waals surface area contributed by atoms with Crippen LogP contribution in [0, 0.1) is 0 Å². The molecule has 0 saturated carbocycles. The van der Waals surface area contributed by atoms with E-state index in [-0.39, 0.29) is 12.0 Å². The van der Waals surface area contributed by atoms with Gasteiger partial charge in [-0.15, -0.1) is 0 Å². The van der Waals surface area contributed by atoms with Crippen LogP contribution in [0.1, 0.15) is 46.2 Å². The summed E-state index contributed by atoms with van der Waals surface area (Å²) in [5, 5.41) is 3.34. The molecule has 1 aliphatic rings. The highest BCUT2D eigenvalue weighted by Crippen LogP contribution is 2.33. The van der Waals surface area contributed by atoms with Gasteiger partial charge in [-0.3, -0.25) is 5.32 Å². The Labute approximate surface area is 120 Å². The average molecular weight is 277 g/mol. The maximum atomic E-state index is 12.3. The van der Waals surface area contributed by atoms with Crippen LogP contribution in [-0.2, 0) is 14.3 Å². The Balaban J connectivity index is 2.23. The van der Waals surface area contributed by atoms with Crippen LogP contribution in [0.4, 0.5) is 0 Å². The van der Waals surface area contributed by atoms with Gasteiger partial charge in [0, 0.05) is 0 Å². The standard InChI is InChI=1S/C16H23NO3/c1-15(2,3)20-14(18)13-12(17-16(4,5)19-13)11-9-7-6-8-10-11/h6-10,12-13,17H,1-5H3/t12-,13+/m1/s1. The smallest absolute Gasteiger partial charge is 0.337 e. The average Bonchev–Trinajstić information content (AvgIpc) is 2.65. The summed E-state index contributed by atoms with van der Waals surface area (Å²) >= 11 is 0. The summed E-state index contributed by atoms with van der Waals surface area (Å²) in [6.45, 7) is 9.39. The van der Waals surface area contributed by atoms with Crippen molar-refractivity contribution in [3.63, 3.8) is 0 Å². The maximum Gasteiger partial charge on any atom is 0.337 e. The number of carbonyl (C=O) groups is 1. The maximum absolute atomic E-state index is 12.3. The van der Waals surface area contributed by atoms with Crippen LogP contribution >= 0.6 is 0 Å². The van der Waals surface area contributed by atoms with Crippen molar-refractivity contribution >= 4 is 5.97 Å². The van der Waals surface area contributed by atoms with Crippen molar-refractivity contribution in [3.8, 4) is 0 Å². The third-order valence-electron chi connectivity index (χ3n) is 3.03. The van der Waals surface area contributed by atoms with Crippen molar-refractivity contribution in [2.24, 2.45) is 0 Å². The van der Waals surface area contributed by atoms with Crippen LogP contribution in [0.3, 0.4) is 0 Å². The zero-order valence-electron chi connectivity index (χ0n) is 12.8. The Morgan fingerprint density at radius 1 is 1.25 bits per heavy atom. The molecule has 0 amide bonds. The van der Waals surface area contributed by atoms with Gasteiger partial charge in [0.05, 0.1) is 6.04 Å². The van der Waals surface area contributed by atoms with E-state index in [9.17, 15) is 4.79 Å². The molecule has 0 spiro atoms. The molecule has 0 bridgehead atoms. The van der Waals surface area contributed by atoms with Crippen LogP contribution in [0.2, 0.25) is 0 Å². The van der Waals surface area contributed by atoms with E-state index >= 15 is 0 Å². The van der Waals surface area contributed by atoms with Crippen molar-refractivity contribution in [2.75, 3.05) is 0 Å². The lowest BCUT2D eigenvalue weighted by Gasteiger charge is -2.24. The highest BCUT2D eigenvalue weighted by Gasteiger charge is 2.45. The first-order chi connectivity index (χ1) is 9.18. The predicted molar refractivity (Wildman–Crippen MR) is 77.1 cm³/mol. The molecule has 0 radical (unpaired) electrons. The first-order valence-corrected chi connectivity index (χ1v) is 6.91. The summed E-state index contributed by atoms with van der Waals surface area (Å²) in [7, 11) is 0. The largest absolute Gasteiger partial charge is 0.458 e.